The predicted octanol–water partition coefficient (Wildman–Crippen LogP) is 2.52. The second kappa shape index (κ2) is 8.16. The Morgan fingerprint density at radius 2 is 1.50 bits per heavy atom. The molecule has 1 saturated heterocycles. The maximum Gasteiger partial charge on any atom is 0.255 e. The maximum atomic E-state index is 13.3. The van der Waals surface area contributed by atoms with Gasteiger partial charge in [-0.3, -0.25) is 14.4 Å². The second-order valence-corrected chi connectivity index (χ2v) is 6.46. The van der Waals surface area contributed by atoms with Gasteiger partial charge in [-0.1, -0.05) is 6.07 Å². The summed E-state index contributed by atoms with van der Waals surface area (Å²) in [5.74, 6) is -2.86. The number of rotatable bonds is 3. The molecule has 6 nitrogen and oxygen atoms in total. The smallest absolute Gasteiger partial charge is 0.255 e. The number of hydrogen-bond acceptors (Lipinski definition) is 3. The zero-order valence-corrected chi connectivity index (χ0v) is 15.2. The zero-order chi connectivity index (χ0) is 20.3. The molecule has 28 heavy (non-hydrogen) atoms. The van der Waals surface area contributed by atoms with Crippen LogP contribution in [0, 0.1) is 11.6 Å². The molecule has 0 unspecified atom stereocenters. The first-order valence-corrected chi connectivity index (χ1v) is 8.76. The lowest BCUT2D eigenvalue weighted by molar-refractivity contribution is -0.130. The van der Waals surface area contributed by atoms with Crippen molar-refractivity contribution in [2.24, 2.45) is 0 Å². The Bertz CT molecular complexity index is 925. The monoisotopic (exact) mass is 387 g/mol. The van der Waals surface area contributed by atoms with Crippen LogP contribution in [0.2, 0.25) is 0 Å². The van der Waals surface area contributed by atoms with Gasteiger partial charge in [0.1, 0.15) is 0 Å². The van der Waals surface area contributed by atoms with Crippen molar-refractivity contribution in [2.75, 3.05) is 31.5 Å². The molecule has 0 bridgehead atoms. The molecule has 8 heteroatoms. The van der Waals surface area contributed by atoms with Crippen LogP contribution in [-0.4, -0.2) is 53.7 Å². The molecule has 1 aliphatic heterocycles. The van der Waals surface area contributed by atoms with Gasteiger partial charge in [-0.2, -0.15) is 0 Å². The van der Waals surface area contributed by atoms with Crippen LogP contribution in [0.1, 0.15) is 27.6 Å². The quantitative estimate of drug-likeness (QED) is 0.880. The molecule has 3 amide bonds. The van der Waals surface area contributed by atoms with Gasteiger partial charge < -0.3 is 15.1 Å². The lowest BCUT2D eigenvalue weighted by Gasteiger charge is -2.34. The highest BCUT2D eigenvalue weighted by atomic mass is 19.2. The number of halogens is 2. The minimum Gasteiger partial charge on any atom is -0.339 e. The highest BCUT2D eigenvalue weighted by Crippen LogP contribution is 2.16. The zero-order valence-electron chi connectivity index (χ0n) is 15.2. The van der Waals surface area contributed by atoms with Gasteiger partial charge in [-0.05, 0) is 30.3 Å². The number of carbonyl (C=O) groups is 3. The molecule has 0 saturated carbocycles. The van der Waals surface area contributed by atoms with Gasteiger partial charge in [0.05, 0.1) is 0 Å². The van der Waals surface area contributed by atoms with E-state index in [4.69, 9.17) is 0 Å². The van der Waals surface area contributed by atoms with E-state index in [1.807, 2.05) is 0 Å². The molecule has 0 aromatic heterocycles. The standard InChI is InChI=1S/C20H19F2N3O3/c1-13(26)24-7-9-25(10-8-24)20(28)15-4-2-3-14(11-15)19(27)23-16-5-6-17(21)18(22)12-16/h2-6,11-12H,7-10H2,1H3,(H,23,27). The van der Waals surface area contributed by atoms with Crippen molar-refractivity contribution in [3.8, 4) is 0 Å². The van der Waals surface area contributed by atoms with Gasteiger partial charge in [-0.15, -0.1) is 0 Å². The van der Waals surface area contributed by atoms with Crippen LogP contribution in [0.3, 0.4) is 0 Å². The topological polar surface area (TPSA) is 69.7 Å². The van der Waals surface area contributed by atoms with E-state index in [0.29, 0.717) is 31.7 Å². The van der Waals surface area contributed by atoms with Crippen molar-refractivity contribution in [3.05, 3.63) is 65.2 Å². The van der Waals surface area contributed by atoms with Crippen molar-refractivity contribution in [1.29, 1.82) is 0 Å². The number of nitrogens with zero attached hydrogens (tertiary/aromatic N) is 2. The van der Waals surface area contributed by atoms with Crippen LogP contribution in [-0.2, 0) is 4.79 Å². The van der Waals surface area contributed by atoms with Gasteiger partial charge in [-0.25, -0.2) is 8.78 Å². The maximum absolute atomic E-state index is 13.3. The van der Waals surface area contributed by atoms with Gasteiger partial charge in [0.2, 0.25) is 5.91 Å². The fourth-order valence-corrected chi connectivity index (χ4v) is 2.98. The normalized spacial score (nSPS) is 14.0. The lowest BCUT2D eigenvalue weighted by Crippen LogP contribution is -2.50. The largest absolute Gasteiger partial charge is 0.339 e. The van der Waals surface area contributed by atoms with E-state index >= 15 is 0 Å². The van der Waals surface area contributed by atoms with Crippen LogP contribution in [0.5, 0.6) is 0 Å². The average molecular weight is 387 g/mol. The molecule has 1 N–H and O–H groups in total. The van der Waals surface area contributed by atoms with Gasteiger partial charge in [0.25, 0.3) is 11.8 Å². The first kappa shape index (κ1) is 19.5. The summed E-state index contributed by atoms with van der Waals surface area (Å²) in [6, 6.07) is 9.23. The number of hydrogen-bond donors (Lipinski definition) is 1. The molecule has 3 rings (SSSR count). The van der Waals surface area contributed by atoms with E-state index in [-0.39, 0.29) is 23.1 Å². The van der Waals surface area contributed by atoms with Crippen LogP contribution in [0.15, 0.2) is 42.5 Å². The Hall–Kier alpha value is -3.29. The fraction of sp³-hybridized carbons (Fsp3) is 0.250. The molecule has 0 radical (unpaired) electrons. The van der Waals surface area contributed by atoms with Crippen molar-refractivity contribution < 1.29 is 23.2 Å². The first-order valence-electron chi connectivity index (χ1n) is 8.76. The highest BCUT2D eigenvalue weighted by Gasteiger charge is 2.23. The SMILES string of the molecule is CC(=O)N1CCN(C(=O)c2cccc(C(=O)Nc3ccc(F)c(F)c3)c2)CC1. The van der Waals surface area contributed by atoms with Crippen molar-refractivity contribution >= 4 is 23.4 Å². The lowest BCUT2D eigenvalue weighted by atomic mass is 10.1. The molecule has 2 aromatic rings. The van der Waals surface area contributed by atoms with E-state index in [1.165, 1.54) is 25.1 Å². The molecular formula is C20H19F2N3O3. The molecule has 146 valence electrons. The Morgan fingerprint density at radius 1 is 0.857 bits per heavy atom. The minimum atomic E-state index is -1.06. The molecule has 1 aliphatic rings. The van der Waals surface area contributed by atoms with Crippen LogP contribution in [0.4, 0.5) is 14.5 Å². The second-order valence-electron chi connectivity index (χ2n) is 6.46. The van der Waals surface area contributed by atoms with E-state index in [1.54, 1.807) is 21.9 Å². The van der Waals surface area contributed by atoms with Crippen LogP contribution >= 0.6 is 0 Å². The third-order valence-electron chi connectivity index (χ3n) is 4.56. The summed E-state index contributed by atoms with van der Waals surface area (Å²) in [5.41, 5.74) is 0.674. The summed E-state index contributed by atoms with van der Waals surface area (Å²) < 4.78 is 26.3. The third kappa shape index (κ3) is 4.33. The molecule has 1 heterocycles. The molecule has 1 fully saturated rings. The minimum absolute atomic E-state index is 0.0250. The van der Waals surface area contributed by atoms with E-state index in [9.17, 15) is 23.2 Å². The van der Waals surface area contributed by atoms with Crippen molar-refractivity contribution in [1.82, 2.24) is 9.80 Å². The number of anilines is 1. The Kier molecular flexibility index (Phi) is 5.67. The number of benzene rings is 2. The number of piperazine rings is 1. The van der Waals surface area contributed by atoms with Crippen LogP contribution in [0.25, 0.3) is 0 Å². The molecule has 0 spiro atoms. The van der Waals surface area contributed by atoms with Crippen LogP contribution < -0.4 is 5.32 Å². The first-order chi connectivity index (χ1) is 13.3. The van der Waals surface area contributed by atoms with E-state index < -0.39 is 17.5 Å². The summed E-state index contributed by atoms with van der Waals surface area (Å²) >= 11 is 0. The molecule has 2 aromatic carbocycles. The third-order valence-corrected chi connectivity index (χ3v) is 4.56. The van der Waals surface area contributed by atoms with E-state index in [0.717, 1.165) is 12.1 Å². The molecule has 0 atom stereocenters. The summed E-state index contributed by atoms with van der Waals surface area (Å²) in [7, 11) is 0. The van der Waals surface area contributed by atoms with Crippen molar-refractivity contribution in [2.45, 2.75) is 6.92 Å². The predicted molar refractivity (Wildman–Crippen MR) is 98.9 cm³/mol. The summed E-state index contributed by atoms with van der Waals surface area (Å²) in [4.78, 5) is 39.8. The average Bonchev–Trinajstić information content (AvgIpc) is 2.70. The fourth-order valence-electron chi connectivity index (χ4n) is 2.98. The molecule has 0 aliphatic carbocycles. The summed E-state index contributed by atoms with van der Waals surface area (Å²) in [6.45, 7) is 3.27. The van der Waals surface area contributed by atoms with Gasteiger partial charge in [0.15, 0.2) is 11.6 Å². The Morgan fingerprint density at radius 3 is 2.14 bits per heavy atom. The van der Waals surface area contributed by atoms with Gasteiger partial charge in [0, 0.05) is 56.0 Å². The molecular weight excluding hydrogens is 368 g/mol. The number of nitrogens with one attached hydrogen (secondary N) is 1. The Balaban J connectivity index is 1.69. The summed E-state index contributed by atoms with van der Waals surface area (Å²) in [6.07, 6.45) is 0. The van der Waals surface area contributed by atoms with E-state index in [2.05, 4.69) is 5.32 Å². The van der Waals surface area contributed by atoms with Crippen molar-refractivity contribution in [3.63, 3.8) is 0 Å². The number of carbonyl (C=O) groups excluding carboxylic acids is 3. The summed E-state index contributed by atoms with van der Waals surface area (Å²) in [5, 5.41) is 2.48. The van der Waals surface area contributed by atoms with Gasteiger partial charge >= 0.3 is 0 Å². The highest BCUT2D eigenvalue weighted by molar-refractivity contribution is 6.06. The number of amides is 3. The Labute approximate surface area is 160 Å².